The summed E-state index contributed by atoms with van der Waals surface area (Å²) in [5, 5.41) is 13.0. The Hall–Kier alpha value is -2.33. The fourth-order valence-electron chi connectivity index (χ4n) is 1.76. The molecule has 2 rings (SSSR count). The second-order valence-corrected chi connectivity index (χ2v) is 4.71. The van der Waals surface area contributed by atoms with Crippen LogP contribution in [0.1, 0.15) is 18.2 Å². The minimum atomic E-state index is -1.10. The van der Waals surface area contributed by atoms with Gasteiger partial charge in [-0.25, -0.2) is 0 Å². The number of aliphatic hydroxyl groups is 1. The lowest BCUT2D eigenvalue weighted by atomic mass is 9.96. The van der Waals surface area contributed by atoms with Gasteiger partial charge in [0.1, 0.15) is 11.4 Å². The summed E-state index contributed by atoms with van der Waals surface area (Å²) < 4.78 is 5.08. The van der Waals surface area contributed by atoms with Gasteiger partial charge in [0, 0.05) is 6.08 Å². The van der Waals surface area contributed by atoms with Gasteiger partial charge < -0.3 is 14.8 Å². The average molecular weight is 271 g/mol. The van der Waals surface area contributed by atoms with Gasteiger partial charge in [0.2, 0.25) is 5.91 Å². The van der Waals surface area contributed by atoms with Crippen molar-refractivity contribution in [1.29, 1.82) is 0 Å². The Morgan fingerprint density at radius 3 is 2.70 bits per heavy atom. The third-order valence-corrected chi connectivity index (χ3v) is 2.94. The molecular formula is C16H17NO3. The minimum absolute atomic E-state index is 0.137. The molecule has 1 atom stereocenters. The smallest absolute Gasteiger partial charge is 0.244 e. The molecular weight excluding hydrogens is 254 g/mol. The zero-order valence-electron chi connectivity index (χ0n) is 11.2. The van der Waals surface area contributed by atoms with E-state index in [0.29, 0.717) is 5.76 Å². The number of rotatable bonds is 5. The van der Waals surface area contributed by atoms with Crippen LogP contribution in [0.2, 0.25) is 0 Å². The Kier molecular flexibility index (Phi) is 4.38. The fraction of sp³-hybridized carbons (Fsp3) is 0.188. The molecule has 2 aromatic rings. The van der Waals surface area contributed by atoms with Gasteiger partial charge in [-0.2, -0.15) is 0 Å². The summed E-state index contributed by atoms with van der Waals surface area (Å²) in [7, 11) is 0. The van der Waals surface area contributed by atoms with Crippen LogP contribution < -0.4 is 5.32 Å². The van der Waals surface area contributed by atoms with Crippen LogP contribution in [0.5, 0.6) is 0 Å². The molecule has 0 aliphatic rings. The van der Waals surface area contributed by atoms with E-state index in [2.05, 4.69) is 5.32 Å². The van der Waals surface area contributed by atoms with Crippen LogP contribution in [-0.4, -0.2) is 17.6 Å². The van der Waals surface area contributed by atoms with Crippen LogP contribution in [0.15, 0.2) is 59.2 Å². The molecule has 2 N–H and O–H groups in total. The van der Waals surface area contributed by atoms with Crippen LogP contribution in [0.25, 0.3) is 6.08 Å². The van der Waals surface area contributed by atoms with Gasteiger partial charge in [-0.1, -0.05) is 30.3 Å². The van der Waals surface area contributed by atoms with E-state index in [0.717, 1.165) is 5.56 Å². The Labute approximate surface area is 117 Å². The quantitative estimate of drug-likeness (QED) is 0.820. The number of nitrogens with one attached hydrogen (secondary N) is 1. The minimum Gasteiger partial charge on any atom is -0.465 e. The van der Waals surface area contributed by atoms with Crippen LogP contribution in [-0.2, 0) is 10.4 Å². The van der Waals surface area contributed by atoms with E-state index >= 15 is 0 Å². The van der Waals surface area contributed by atoms with Crippen LogP contribution >= 0.6 is 0 Å². The number of hydrogen-bond donors (Lipinski definition) is 2. The van der Waals surface area contributed by atoms with Crippen molar-refractivity contribution in [3.8, 4) is 0 Å². The number of carbonyl (C=O) groups excluding carboxylic acids is 1. The second-order valence-electron chi connectivity index (χ2n) is 4.71. The number of furan rings is 1. The Balaban J connectivity index is 1.90. The molecule has 0 bridgehead atoms. The molecule has 1 amide bonds. The third-order valence-electron chi connectivity index (χ3n) is 2.94. The van der Waals surface area contributed by atoms with Crippen LogP contribution in [0.3, 0.4) is 0 Å². The molecule has 0 spiro atoms. The van der Waals surface area contributed by atoms with Gasteiger partial charge in [-0.15, -0.1) is 0 Å². The predicted molar refractivity (Wildman–Crippen MR) is 76.8 cm³/mol. The van der Waals surface area contributed by atoms with Gasteiger partial charge >= 0.3 is 0 Å². The summed E-state index contributed by atoms with van der Waals surface area (Å²) in [6.07, 6.45) is 4.49. The van der Waals surface area contributed by atoms with Gasteiger partial charge in [0.05, 0.1) is 12.8 Å². The van der Waals surface area contributed by atoms with Crippen molar-refractivity contribution < 1.29 is 14.3 Å². The van der Waals surface area contributed by atoms with E-state index in [-0.39, 0.29) is 12.5 Å². The number of amides is 1. The van der Waals surface area contributed by atoms with Crippen molar-refractivity contribution in [1.82, 2.24) is 5.32 Å². The first-order valence-electron chi connectivity index (χ1n) is 6.35. The molecule has 0 saturated heterocycles. The van der Waals surface area contributed by atoms with E-state index < -0.39 is 5.60 Å². The largest absolute Gasteiger partial charge is 0.465 e. The molecule has 1 aromatic heterocycles. The van der Waals surface area contributed by atoms with Gasteiger partial charge in [0.15, 0.2) is 0 Å². The molecule has 0 aliphatic heterocycles. The van der Waals surface area contributed by atoms with Crippen molar-refractivity contribution >= 4 is 12.0 Å². The van der Waals surface area contributed by atoms with Crippen LogP contribution in [0, 0.1) is 0 Å². The van der Waals surface area contributed by atoms with Crippen LogP contribution in [0.4, 0.5) is 0 Å². The van der Waals surface area contributed by atoms with Crippen molar-refractivity contribution in [3.63, 3.8) is 0 Å². The first kappa shape index (κ1) is 14.1. The van der Waals surface area contributed by atoms with E-state index in [1.54, 1.807) is 25.1 Å². The van der Waals surface area contributed by atoms with Gasteiger partial charge in [0.25, 0.3) is 0 Å². The molecule has 0 saturated carbocycles. The highest BCUT2D eigenvalue weighted by Crippen LogP contribution is 2.18. The molecule has 20 heavy (non-hydrogen) atoms. The Morgan fingerprint density at radius 1 is 1.30 bits per heavy atom. The van der Waals surface area contributed by atoms with Gasteiger partial charge in [-0.05, 0) is 30.7 Å². The lowest BCUT2D eigenvalue weighted by Gasteiger charge is -2.23. The summed E-state index contributed by atoms with van der Waals surface area (Å²) in [6.45, 7) is 1.80. The zero-order valence-corrected chi connectivity index (χ0v) is 11.2. The van der Waals surface area contributed by atoms with Crippen molar-refractivity contribution in [3.05, 3.63) is 66.1 Å². The molecule has 0 radical (unpaired) electrons. The summed E-state index contributed by atoms with van der Waals surface area (Å²) in [4.78, 5) is 11.7. The maximum Gasteiger partial charge on any atom is 0.244 e. The molecule has 1 unspecified atom stereocenters. The number of benzene rings is 1. The summed E-state index contributed by atoms with van der Waals surface area (Å²) in [5.41, 5.74) is -0.342. The highest BCUT2D eigenvalue weighted by molar-refractivity contribution is 5.91. The molecule has 1 heterocycles. The molecule has 4 heteroatoms. The highest BCUT2D eigenvalue weighted by Gasteiger charge is 2.22. The lowest BCUT2D eigenvalue weighted by Crippen LogP contribution is -2.37. The van der Waals surface area contributed by atoms with Gasteiger partial charge in [-0.3, -0.25) is 4.79 Å². The van der Waals surface area contributed by atoms with Crippen molar-refractivity contribution in [2.45, 2.75) is 12.5 Å². The first-order valence-corrected chi connectivity index (χ1v) is 6.35. The first-order chi connectivity index (χ1) is 9.58. The van der Waals surface area contributed by atoms with E-state index in [1.165, 1.54) is 12.3 Å². The van der Waals surface area contributed by atoms with E-state index in [9.17, 15) is 9.90 Å². The van der Waals surface area contributed by atoms with Crippen molar-refractivity contribution in [2.75, 3.05) is 6.54 Å². The Morgan fingerprint density at radius 2 is 2.05 bits per heavy atom. The third kappa shape index (κ3) is 3.83. The molecule has 4 nitrogen and oxygen atoms in total. The Bertz CT molecular complexity index is 571. The van der Waals surface area contributed by atoms with E-state index in [1.807, 2.05) is 30.3 Å². The monoisotopic (exact) mass is 271 g/mol. The highest BCUT2D eigenvalue weighted by atomic mass is 16.3. The SMILES string of the molecule is CC(O)(CNC(=O)C=Cc1ccco1)c1ccccc1. The predicted octanol–water partition coefficient (Wildman–Crippen LogP) is 2.32. The maximum absolute atomic E-state index is 11.7. The second kappa shape index (κ2) is 6.21. The fourth-order valence-corrected chi connectivity index (χ4v) is 1.76. The van der Waals surface area contributed by atoms with E-state index in [4.69, 9.17) is 4.42 Å². The zero-order chi connectivity index (χ0) is 14.4. The maximum atomic E-state index is 11.7. The average Bonchev–Trinajstić information content (AvgIpc) is 2.97. The number of carbonyl (C=O) groups is 1. The lowest BCUT2D eigenvalue weighted by molar-refractivity contribution is -0.117. The topological polar surface area (TPSA) is 62.5 Å². The molecule has 0 aliphatic carbocycles. The number of hydrogen-bond acceptors (Lipinski definition) is 3. The summed E-state index contributed by atoms with van der Waals surface area (Å²) >= 11 is 0. The summed E-state index contributed by atoms with van der Waals surface area (Å²) in [6, 6.07) is 12.7. The molecule has 0 fully saturated rings. The summed E-state index contributed by atoms with van der Waals surface area (Å²) in [5.74, 6) is 0.326. The molecule has 104 valence electrons. The van der Waals surface area contributed by atoms with Crippen molar-refractivity contribution in [2.24, 2.45) is 0 Å². The molecule has 1 aromatic carbocycles. The standard InChI is InChI=1S/C16H17NO3/c1-16(19,13-6-3-2-4-7-13)12-17-15(18)10-9-14-8-5-11-20-14/h2-11,19H,12H2,1H3,(H,17,18). The normalized spacial score (nSPS) is 14.1.